The van der Waals surface area contributed by atoms with Gasteiger partial charge in [0.05, 0.1) is 0 Å². The SMILES string of the molecule is c1ccc(-c2nc3c(ccc4sc5ccc6ccc(-c7nc(-c8ccc9ccccc9c8)nc(-c8ccc9ccccc9c8)n7)cc6c5c43)o2)cc1. The highest BCUT2D eigenvalue weighted by atomic mass is 32.1. The maximum absolute atomic E-state index is 6.32. The van der Waals surface area contributed by atoms with E-state index in [0.717, 1.165) is 65.7 Å². The molecule has 11 aromatic rings. The lowest BCUT2D eigenvalue weighted by Gasteiger charge is -2.11. The molecular formula is C46H26N4OS. The van der Waals surface area contributed by atoms with Gasteiger partial charge in [-0.1, -0.05) is 109 Å². The molecule has 0 spiro atoms. The summed E-state index contributed by atoms with van der Waals surface area (Å²) < 4.78 is 8.68. The van der Waals surface area contributed by atoms with E-state index in [1.807, 2.05) is 36.4 Å². The lowest BCUT2D eigenvalue weighted by molar-refractivity contribution is 0.620. The standard InChI is InChI=1S/C46H26N4OS/c1-2-10-30(11-3-1)46-47-42-37(51-46)21-23-39-41(42)40-36-26-35(19-16-29(36)20-22-38(40)52-39)45-49-43(33-17-14-27-8-4-6-12-31(27)24-33)48-44(50-45)34-18-15-28-9-5-7-13-32(28)25-34/h1-26H. The van der Waals surface area contributed by atoms with Crippen LogP contribution in [0, 0.1) is 0 Å². The van der Waals surface area contributed by atoms with Gasteiger partial charge >= 0.3 is 0 Å². The molecule has 0 aliphatic rings. The number of thiophene rings is 1. The maximum Gasteiger partial charge on any atom is 0.227 e. The van der Waals surface area contributed by atoms with Crippen molar-refractivity contribution in [1.82, 2.24) is 19.9 Å². The van der Waals surface area contributed by atoms with Crippen LogP contribution >= 0.6 is 11.3 Å². The molecule has 0 radical (unpaired) electrons. The average molecular weight is 683 g/mol. The zero-order valence-electron chi connectivity index (χ0n) is 27.6. The van der Waals surface area contributed by atoms with Crippen LogP contribution in [0.3, 0.4) is 0 Å². The van der Waals surface area contributed by atoms with Gasteiger partial charge in [-0.3, -0.25) is 0 Å². The molecule has 8 aromatic carbocycles. The smallest absolute Gasteiger partial charge is 0.227 e. The van der Waals surface area contributed by atoms with E-state index in [1.54, 1.807) is 11.3 Å². The van der Waals surface area contributed by atoms with Gasteiger partial charge in [-0.2, -0.15) is 0 Å². The predicted molar refractivity (Wildman–Crippen MR) is 215 cm³/mol. The van der Waals surface area contributed by atoms with Gasteiger partial charge in [0.25, 0.3) is 0 Å². The molecule has 0 amide bonds. The summed E-state index contributed by atoms with van der Waals surface area (Å²) in [6, 6.07) is 54.7. The molecule has 0 saturated heterocycles. The first-order chi connectivity index (χ1) is 25.7. The Morgan fingerprint density at radius 2 is 0.904 bits per heavy atom. The molecule has 11 rings (SSSR count). The molecule has 3 heterocycles. The van der Waals surface area contributed by atoms with Crippen molar-refractivity contribution in [2.45, 2.75) is 0 Å². The summed E-state index contributed by atoms with van der Waals surface area (Å²) in [7, 11) is 0. The molecule has 0 aliphatic carbocycles. The summed E-state index contributed by atoms with van der Waals surface area (Å²) in [6.45, 7) is 0. The van der Waals surface area contributed by atoms with E-state index >= 15 is 0 Å². The zero-order chi connectivity index (χ0) is 34.2. The molecule has 0 atom stereocenters. The Bertz CT molecular complexity index is 3100. The minimum absolute atomic E-state index is 0.621. The minimum Gasteiger partial charge on any atom is -0.436 e. The highest BCUT2D eigenvalue weighted by Gasteiger charge is 2.19. The van der Waals surface area contributed by atoms with Crippen LogP contribution in [0.5, 0.6) is 0 Å². The zero-order valence-corrected chi connectivity index (χ0v) is 28.4. The number of hydrogen-bond donors (Lipinski definition) is 0. The second-order valence-electron chi connectivity index (χ2n) is 13.1. The van der Waals surface area contributed by atoms with Crippen LogP contribution in [-0.2, 0) is 0 Å². The van der Waals surface area contributed by atoms with Gasteiger partial charge in [-0.25, -0.2) is 19.9 Å². The van der Waals surface area contributed by atoms with Crippen LogP contribution in [0.25, 0.3) is 109 Å². The number of benzene rings is 8. The third-order valence-electron chi connectivity index (χ3n) is 9.91. The largest absolute Gasteiger partial charge is 0.436 e. The Hall–Kier alpha value is -6.76. The van der Waals surface area contributed by atoms with E-state index in [2.05, 4.69) is 121 Å². The van der Waals surface area contributed by atoms with Gasteiger partial charge in [0, 0.05) is 42.4 Å². The molecule has 0 N–H and O–H groups in total. The lowest BCUT2D eigenvalue weighted by atomic mass is 10.0. The van der Waals surface area contributed by atoms with Gasteiger partial charge in [0.1, 0.15) is 5.52 Å². The van der Waals surface area contributed by atoms with Crippen molar-refractivity contribution in [3.63, 3.8) is 0 Å². The number of hydrogen-bond acceptors (Lipinski definition) is 6. The van der Waals surface area contributed by atoms with Crippen LogP contribution in [0.4, 0.5) is 0 Å². The summed E-state index contributed by atoms with van der Waals surface area (Å²) in [5.41, 5.74) is 5.41. The molecule has 0 unspecified atom stereocenters. The van der Waals surface area contributed by atoms with Crippen molar-refractivity contribution in [2.75, 3.05) is 0 Å². The monoisotopic (exact) mass is 682 g/mol. The Balaban J connectivity index is 1.14. The van der Waals surface area contributed by atoms with Gasteiger partial charge in [0.15, 0.2) is 23.1 Å². The summed E-state index contributed by atoms with van der Waals surface area (Å²) in [5, 5.41) is 9.16. The molecule has 5 nitrogen and oxygen atoms in total. The molecule has 6 heteroatoms. The van der Waals surface area contributed by atoms with Gasteiger partial charge < -0.3 is 4.42 Å². The van der Waals surface area contributed by atoms with Crippen LogP contribution in [0.1, 0.15) is 0 Å². The van der Waals surface area contributed by atoms with Crippen molar-refractivity contribution < 1.29 is 4.42 Å². The third-order valence-corrected chi connectivity index (χ3v) is 11.0. The van der Waals surface area contributed by atoms with Crippen molar-refractivity contribution in [1.29, 1.82) is 0 Å². The van der Waals surface area contributed by atoms with Crippen LogP contribution < -0.4 is 0 Å². The van der Waals surface area contributed by atoms with E-state index in [-0.39, 0.29) is 0 Å². The van der Waals surface area contributed by atoms with E-state index in [9.17, 15) is 0 Å². The highest BCUT2D eigenvalue weighted by molar-refractivity contribution is 7.26. The highest BCUT2D eigenvalue weighted by Crippen LogP contribution is 2.43. The van der Waals surface area contributed by atoms with Crippen molar-refractivity contribution in [3.05, 3.63) is 158 Å². The van der Waals surface area contributed by atoms with Crippen molar-refractivity contribution >= 4 is 74.9 Å². The van der Waals surface area contributed by atoms with Crippen LogP contribution in [0.2, 0.25) is 0 Å². The first-order valence-corrected chi connectivity index (χ1v) is 18.0. The summed E-state index contributed by atoms with van der Waals surface area (Å²) in [6.07, 6.45) is 0. The van der Waals surface area contributed by atoms with Crippen molar-refractivity contribution in [3.8, 4) is 45.6 Å². The number of rotatable bonds is 4. The van der Waals surface area contributed by atoms with Gasteiger partial charge in [0.2, 0.25) is 5.89 Å². The third kappa shape index (κ3) is 4.69. The van der Waals surface area contributed by atoms with Crippen LogP contribution in [-0.4, -0.2) is 19.9 Å². The van der Waals surface area contributed by atoms with E-state index < -0.39 is 0 Å². The molecule has 242 valence electrons. The number of oxazole rings is 1. The molecule has 3 aromatic heterocycles. The summed E-state index contributed by atoms with van der Waals surface area (Å²) >= 11 is 1.78. The number of fused-ring (bicyclic) bond motifs is 9. The summed E-state index contributed by atoms with van der Waals surface area (Å²) in [5.74, 6) is 2.51. The Kier molecular flexibility index (Phi) is 6.35. The molecule has 0 bridgehead atoms. The van der Waals surface area contributed by atoms with E-state index in [1.165, 1.54) is 20.2 Å². The molecule has 0 aliphatic heterocycles. The Morgan fingerprint density at radius 1 is 0.385 bits per heavy atom. The predicted octanol–water partition coefficient (Wildman–Crippen LogP) is 12.5. The maximum atomic E-state index is 6.32. The molecular weight excluding hydrogens is 657 g/mol. The minimum atomic E-state index is 0.621. The first-order valence-electron chi connectivity index (χ1n) is 17.2. The number of aromatic nitrogens is 4. The Morgan fingerprint density at radius 3 is 1.56 bits per heavy atom. The van der Waals surface area contributed by atoms with Crippen LogP contribution in [0.15, 0.2) is 162 Å². The first kappa shape index (κ1) is 29.0. The van der Waals surface area contributed by atoms with E-state index in [4.69, 9.17) is 24.4 Å². The number of nitrogens with zero attached hydrogens (tertiary/aromatic N) is 4. The van der Waals surface area contributed by atoms with E-state index in [0.29, 0.717) is 23.4 Å². The second kappa shape index (κ2) is 11.4. The fourth-order valence-corrected chi connectivity index (χ4v) is 8.45. The van der Waals surface area contributed by atoms with Gasteiger partial charge in [-0.05, 0) is 80.8 Å². The fraction of sp³-hybridized carbons (Fsp3) is 0. The fourth-order valence-electron chi connectivity index (χ4n) is 7.33. The topological polar surface area (TPSA) is 64.7 Å². The van der Waals surface area contributed by atoms with Gasteiger partial charge in [-0.15, -0.1) is 11.3 Å². The Labute approximate surface area is 301 Å². The van der Waals surface area contributed by atoms with Crippen molar-refractivity contribution in [2.24, 2.45) is 0 Å². The molecule has 0 saturated carbocycles. The summed E-state index contributed by atoms with van der Waals surface area (Å²) in [4.78, 5) is 20.4. The average Bonchev–Trinajstić information content (AvgIpc) is 3.83. The molecule has 0 fully saturated rings. The normalized spacial score (nSPS) is 11.8. The second-order valence-corrected chi connectivity index (χ2v) is 14.2. The molecule has 52 heavy (non-hydrogen) atoms. The quantitative estimate of drug-likeness (QED) is 0.185. The lowest BCUT2D eigenvalue weighted by Crippen LogP contribution is -2.00.